The van der Waals surface area contributed by atoms with Crippen molar-refractivity contribution >= 4 is 38.8 Å². The Labute approximate surface area is 127 Å². The van der Waals surface area contributed by atoms with Gasteiger partial charge in [0.15, 0.2) is 0 Å². The Morgan fingerprint density at radius 2 is 1.95 bits per heavy atom. The fourth-order valence-corrected chi connectivity index (χ4v) is 5.10. The largest absolute Gasteiger partial charge is 0.389 e. The molecule has 3 aliphatic rings. The van der Waals surface area contributed by atoms with Gasteiger partial charge in [0.05, 0.1) is 0 Å². The molecule has 0 aromatic heterocycles. The van der Waals surface area contributed by atoms with E-state index in [-0.39, 0.29) is 0 Å². The zero-order valence-corrected chi connectivity index (χ0v) is 13.0. The van der Waals surface area contributed by atoms with Gasteiger partial charge in [0.1, 0.15) is 4.99 Å². The summed E-state index contributed by atoms with van der Waals surface area (Å²) in [5.74, 6) is 3.89. The quantitative estimate of drug-likeness (QED) is 0.829. The zero-order valence-electron chi connectivity index (χ0n) is 10.6. The summed E-state index contributed by atoms with van der Waals surface area (Å²) in [6.07, 6.45) is 4.42. The number of hydrogen-bond donors (Lipinski definition) is 2. The maximum absolute atomic E-state index is 5.66. The van der Waals surface area contributed by atoms with E-state index in [9.17, 15) is 0 Å². The van der Waals surface area contributed by atoms with Crippen LogP contribution >= 0.6 is 28.1 Å². The van der Waals surface area contributed by atoms with E-state index in [0.717, 1.165) is 33.7 Å². The molecule has 0 amide bonds. The maximum Gasteiger partial charge on any atom is 0.104 e. The lowest BCUT2D eigenvalue weighted by Gasteiger charge is -2.13. The molecule has 0 saturated heterocycles. The molecule has 0 spiro atoms. The first-order valence-corrected chi connectivity index (χ1v) is 8.21. The predicted molar refractivity (Wildman–Crippen MR) is 85.3 cm³/mol. The molecule has 4 atom stereocenters. The summed E-state index contributed by atoms with van der Waals surface area (Å²) in [6.45, 7) is 0. The fraction of sp³-hybridized carbons (Fsp3) is 0.533. The number of nitrogens with two attached hydrogens (primary N) is 1. The molecule has 19 heavy (non-hydrogen) atoms. The molecule has 2 bridgehead atoms. The van der Waals surface area contributed by atoms with Crippen LogP contribution in [0, 0.1) is 23.7 Å². The van der Waals surface area contributed by atoms with Gasteiger partial charge < -0.3 is 11.1 Å². The van der Waals surface area contributed by atoms with Gasteiger partial charge in [0.2, 0.25) is 0 Å². The van der Waals surface area contributed by atoms with Crippen molar-refractivity contribution in [1.82, 2.24) is 0 Å². The Morgan fingerprint density at radius 1 is 1.26 bits per heavy atom. The molecular formula is C15H17BrN2S. The molecule has 3 saturated carbocycles. The van der Waals surface area contributed by atoms with Crippen LogP contribution in [0.2, 0.25) is 0 Å². The SMILES string of the molecule is NC(=S)c1ccc(NC2C3C4CCC(C4)C23)c(Br)c1. The van der Waals surface area contributed by atoms with E-state index in [1.807, 2.05) is 12.1 Å². The van der Waals surface area contributed by atoms with Crippen molar-refractivity contribution in [3.8, 4) is 0 Å². The first kappa shape index (κ1) is 12.2. The van der Waals surface area contributed by atoms with Crippen molar-refractivity contribution in [3.05, 3.63) is 28.2 Å². The summed E-state index contributed by atoms with van der Waals surface area (Å²) in [6, 6.07) is 6.81. The van der Waals surface area contributed by atoms with Crippen molar-refractivity contribution in [1.29, 1.82) is 0 Å². The third-order valence-electron chi connectivity index (χ3n) is 5.31. The second-order valence-electron chi connectivity index (χ2n) is 6.22. The average molecular weight is 337 g/mol. The van der Waals surface area contributed by atoms with E-state index in [4.69, 9.17) is 18.0 Å². The highest BCUT2D eigenvalue weighted by molar-refractivity contribution is 9.10. The smallest absolute Gasteiger partial charge is 0.104 e. The molecule has 0 aliphatic heterocycles. The Morgan fingerprint density at radius 3 is 2.53 bits per heavy atom. The van der Waals surface area contributed by atoms with Gasteiger partial charge in [-0.3, -0.25) is 0 Å². The number of nitrogens with one attached hydrogen (secondary N) is 1. The number of thiocarbonyl (C=S) groups is 1. The van der Waals surface area contributed by atoms with Crippen molar-refractivity contribution in [3.63, 3.8) is 0 Å². The molecule has 4 rings (SSSR count). The molecule has 2 nitrogen and oxygen atoms in total. The molecular weight excluding hydrogens is 320 g/mol. The van der Waals surface area contributed by atoms with Crippen LogP contribution in [-0.4, -0.2) is 11.0 Å². The zero-order chi connectivity index (χ0) is 13.1. The summed E-state index contributed by atoms with van der Waals surface area (Å²) in [5.41, 5.74) is 7.76. The first-order chi connectivity index (χ1) is 9.15. The van der Waals surface area contributed by atoms with Gasteiger partial charge in [0.25, 0.3) is 0 Å². The van der Waals surface area contributed by atoms with Gasteiger partial charge in [-0.15, -0.1) is 0 Å². The normalized spacial score (nSPS) is 38.1. The molecule has 0 heterocycles. The molecule has 1 aromatic rings. The number of anilines is 1. The number of hydrogen-bond acceptors (Lipinski definition) is 2. The van der Waals surface area contributed by atoms with Crippen molar-refractivity contribution in [2.24, 2.45) is 29.4 Å². The van der Waals surface area contributed by atoms with E-state index < -0.39 is 0 Å². The summed E-state index contributed by atoms with van der Waals surface area (Å²) >= 11 is 8.63. The molecule has 4 heteroatoms. The second-order valence-corrected chi connectivity index (χ2v) is 7.51. The van der Waals surface area contributed by atoms with Gasteiger partial charge in [0, 0.05) is 21.8 Å². The summed E-state index contributed by atoms with van der Waals surface area (Å²) in [7, 11) is 0. The van der Waals surface area contributed by atoms with Gasteiger partial charge in [-0.1, -0.05) is 12.2 Å². The van der Waals surface area contributed by atoms with E-state index in [1.54, 1.807) is 0 Å². The van der Waals surface area contributed by atoms with E-state index >= 15 is 0 Å². The minimum Gasteiger partial charge on any atom is -0.389 e. The molecule has 4 unspecified atom stereocenters. The lowest BCUT2D eigenvalue weighted by molar-refractivity contribution is 0.456. The molecule has 0 radical (unpaired) electrons. The van der Waals surface area contributed by atoms with Crippen LogP contribution < -0.4 is 11.1 Å². The molecule has 1 aromatic carbocycles. The van der Waals surface area contributed by atoms with Crippen LogP contribution in [0.1, 0.15) is 24.8 Å². The summed E-state index contributed by atoms with van der Waals surface area (Å²) in [4.78, 5) is 0.452. The molecule has 3 N–H and O–H groups in total. The minimum absolute atomic E-state index is 0.452. The fourth-order valence-electron chi connectivity index (χ4n) is 4.48. The van der Waals surface area contributed by atoms with Crippen LogP contribution in [0.4, 0.5) is 5.69 Å². The van der Waals surface area contributed by atoms with Gasteiger partial charge in [-0.2, -0.15) is 0 Å². The van der Waals surface area contributed by atoms with Crippen LogP contribution in [0.15, 0.2) is 22.7 Å². The number of fused-ring (bicyclic) bond motifs is 5. The Balaban J connectivity index is 1.51. The lowest BCUT2D eigenvalue weighted by Crippen LogP contribution is -2.14. The van der Waals surface area contributed by atoms with Crippen LogP contribution in [0.3, 0.4) is 0 Å². The third-order valence-corrected chi connectivity index (χ3v) is 6.20. The average Bonchev–Trinajstić information content (AvgIpc) is 2.79. The highest BCUT2D eigenvalue weighted by atomic mass is 79.9. The lowest BCUT2D eigenvalue weighted by atomic mass is 10.0. The van der Waals surface area contributed by atoms with Crippen LogP contribution in [0.5, 0.6) is 0 Å². The standard InChI is InChI=1S/C15H17BrN2S/c16-10-6-9(15(17)19)3-4-11(10)18-14-12-7-1-2-8(5-7)13(12)14/h3-4,6-8,12-14,18H,1-2,5H2,(H2,17,19). The van der Waals surface area contributed by atoms with E-state index in [0.29, 0.717) is 11.0 Å². The molecule has 100 valence electrons. The van der Waals surface area contributed by atoms with Gasteiger partial charge in [-0.25, -0.2) is 0 Å². The molecule has 3 aliphatic carbocycles. The van der Waals surface area contributed by atoms with E-state index in [2.05, 4.69) is 27.3 Å². The third kappa shape index (κ3) is 1.83. The van der Waals surface area contributed by atoms with Crippen molar-refractivity contribution in [2.75, 3.05) is 5.32 Å². The Kier molecular flexibility index (Phi) is 2.68. The van der Waals surface area contributed by atoms with Crippen LogP contribution in [-0.2, 0) is 0 Å². The van der Waals surface area contributed by atoms with Crippen molar-refractivity contribution < 1.29 is 0 Å². The summed E-state index contributed by atoms with van der Waals surface area (Å²) < 4.78 is 1.06. The Hall–Kier alpha value is -0.610. The maximum atomic E-state index is 5.66. The Bertz CT molecular complexity index is 543. The van der Waals surface area contributed by atoms with Crippen molar-refractivity contribution in [2.45, 2.75) is 25.3 Å². The van der Waals surface area contributed by atoms with Gasteiger partial charge in [-0.05, 0) is 77.1 Å². The second kappa shape index (κ2) is 4.19. The molecule has 3 fully saturated rings. The minimum atomic E-state index is 0.452. The number of halogens is 1. The van der Waals surface area contributed by atoms with Crippen LogP contribution in [0.25, 0.3) is 0 Å². The summed E-state index contributed by atoms with van der Waals surface area (Å²) in [5, 5.41) is 3.72. The van der Waals surface area contributed by atoms with Gasteiger partial charge >= 0.3 is 0 Å². The monoisotopic (exact) mass is 336 g/mol. The number of benzene rings is 1. The first-order valence-electron chi connectivity index (χ1n) is 7.01. The highest BCUT2D eigenvalue weighted by Gasteiger charge is 2.65. The topological polar surface area (TPSA) is 38.0 Å². The number of rotatable bonds is 3. The predicted octanol–water partition coefficient (Wildman–Crippen LogP) is 3.54. The highest BCUT2D eigenvalue weighted by Crippen LogP contribution is 2.66. The van der Waals surface area contributed by atoms with E-state index in [1.165, 1.54) is 24.9 Å².